The first-order valence-corrected chi connectivity index (χ1v) is 13.2. The molecule has 2 aromatic carbocycles. The third kappa shape index (κ3) is 5.82. The number of thioether (sulfide) groups is 1. The van der Waals surface area contributed by atoms with E-state index in [0.29, 0.717) is 29.6 Å². The Balaban J connectivity index is 1.70. The highest BCUT2D eigenvalue weighted by Gasteiger charge is 2.23. The van der Waals surface area contributed by atoms with Crippen LogP contribution in [-0.2, 0) is 21.9 Å². The first-order chi connectivity index (χ1) is 15.8. The molecule has 3 aromatic rings. The van der Waals surface area contributed by atoms with Crippen LogP contribution in [0, 0.1) is 0 Å². The molecule has 1 atom stereocenters. The second kappa shape index (κ2) is 11.0. The summed E-state index contributed by atoms with van der Waals surface area (Å²) < 4.78 is 28.9. The topological polar surface area (TPSA) is 97.2 Å². The second-order valence-corrected chi connectivity index (χ2v) is 10.4. The zero-order valence-corrected chi connectivity index (χ0v) is 20.9. The lowest BCUT2D eigenvalue weighted by atomic mass is 10.1. The average Bonchev–Trinajstić information content (AvgIpc) is 3.19. The summed E-state index contributed by atoms with van der Waals surface area (Å²) in [6.45, 7) is 6.37. The van der Waals surface area contributed by atoms with Crippen LogP contribution >= 0.6 is 11.8 Å². The number of nitrogens with zero attached hydrogens (tertiary/aromatic N) is 4. The number of hydrogen-bond acceptors (Lipinski definition) is 6. The van der Waals surface area contributed by atoms with Crippen molar-refractivity contribution < 1.29 is 13.2 Å². The molecule has 0 saturated heterocycles. The molecule has 33 heavy (non-hydrogen) atoms. The Morgan fingerprint density at radius 2 is 1.79 bits per heavy atom. The molecule has 0 aliphatic rings. The number of sulfonamides is 1. The van der Waals surface area contributed by atoms with E-state index in [1.165, 1.54) is 16.1 Å². The van der Waals surface area contributed by atoms with Gasteiger partial charge in [-0.15, -0.1) is 10.2 Å². The highest BCUT2D eigenvalue weighted by molar-refractivity contribution is 7.99. The largest absolute Gasteiger partial charge is 0.349 e. The first-order valence-electron chi connectivity index (χ1n) is 10.7. The summed E-state index contributed by atoms with van der Waals surface area (Å²) in [6, 6.07) is 16.4. The Hall–Kier alpha value is -2.69. The van der Waals surface area contributed by atoms with Crippen molar-refractivity contribution in [1.29, 1.82) is 0 Å². The molecule has 0 aliphatic carbocycles. The number of rotatable bonds is 10. The number of aromatic nitrogens is 3. The van der Waals surface area contributed by atoms with Gasteiger partial charge in [0.15, 0.2) is 11.0 Å². The van der Waals surface area contributed by atoms with Gasteiger partial charge < -0.3 is 9.88 Å². The van der Waals surface area contributed by atoms with E-state index in [4.69, 9.17) is 0 Å². The highest BCUT2D eigenvalue weighted by Crippen LogP contribution is 2.26. The number of amides is 1. The van der Waals surface area contributed by atoms with Gasteiger partial charge in [0, 0.05) is 25.7 Å². The molecule has 176 valence electrons. The maximum atomic E-state index is 12.9. The highest BCUT2D eigenvalue weighted by atomic mass is 32.2. The molecular formula is C23H29N5O3S2. The molecule has 0 unspecified atom stereocenters. The van der Waals surface area contributed by atoms with E-state index in [1.807, 2.05) is 51.1 Å². The average molecular weight is 488 g/mol. The summed E-state index contributed by atoms with van der Waals surface area (Å²) >= 11 is 1.28. The van der Waals surface area contributed by atoms with E-state index >= 15 is 0 Å². The van der Waals surface area contributed by atoms with Crippen LogP contribution < -0.4 is 5.32 Å². The predicted octanol–water partition coefficient (Wildman–Crippen LogP) is 3.48. The number of nitrogens with one attached hydrogen (secondary N) is 1. The molecule has 0 saturated carbocycles. The van der Waals surface area contributed by atoms with Crippen molar-refractivity contribution in [2.45, 2.75) is 36.9 Å². The maximum absolute atomic E-state index is 12.9. The molecule has 0 fully saturated rings. The molecule has 0 bridgehead atoms. The fraction of sp³-hybridized carbons (Fsp3) is 0.348. The molecule has 1 heterocycles. The molecule has 0 spiro atoms. The van der Waals surface area contributed by atoms with Crippen LogP contribution in [0.5, 0.6) is 0 Å². The van der Waals surface area contributed by atoms with Gasteiger partial charge in [0.1, 0.15) is 0 Å². The summed E-state index contributed by atoms with van der Waals surface area (Å²) in [6.07, 6.45) is 0. The van der Waals surface area contributed by atoms with Gasteiger partial charge in [-0.3, -0.25) is 4.79 Å². The van der Waals surface area contributed by atoms with E-state index in [2.05, 4.69) is 15.5 Å². The molecule has 3 rings (SSSR count). The van der Waals surface area contributed by atoms with Gasteiger partial charge in [0.25, 0.3) is 0 Å². The molecule has 8 nitrogen and oxygen atoms in total. The number of hydrogen-bond donors (Lipinski definition) is 1. The summed E-state index contributed by atoms with van der Waals surface area (Å²) in [5, 5.41) is 12.0. The van der Waals surface area contributed by atoms with Crippen molar-refractivity contribution in [2.75, 3.05) is 18.8 Å². The van der Waals surface area contributed by atoms with E-state index < -0.39 is 10.0 Å². The second-order valence-electron chi connectivity index (χ2n) is 7.47. The summed E-state index contributed by atoms with van der Waals surface area (Å²) in [4.78, 5) is 12.6. The van der Waals surface area contributed by atoms with Crippen molar-refractivity contribution in [3.63, 3.8) is 0 Å². The molecular weight excluding hydrogens is 458 g/mol. The van der Waals surface area contributed by atoms with Crippen molar-refractivity contribution in [3.05, 3.63) is 60.2 Å². The third-order valence-corrected chi connectivity index (χ3v) is 8.35. The van der Waals surface area contributed by atoms with Crippen LogP contribution in [0.2, 0.25) is 0 Å². The summed E-state index contributed by atoms with van der Waals surface area (Å²) in [7, 11) is -1.78. The minimum atomic E-state index is -3.58. The summed E-state index contributed by atoms with van der Waals surface area (Å²) in [5.41, 5.74) is 1.68. The van der Waals surface area contributed by atoms with Gasteiger partial charge in [0.05, 0.1) is 16.7 Å². The van der Waals surface area contributed by atoms with Crippen LogP contribution in [0.1, 0.15) is 32.4 Å². The Morgan fingerprint density at radius 3 is 2.45 bits per heavy atom. The Morgan fingerprint density at radius 1 is 1.09 bits per heavy atom. The standard InChI is InChI=1S/C23H29N5O3S2/c1-5-28(6-2)33(30,31)20-14-10-13-19(15-20)22-25-26-23(27(22)4)32-16-21(29)24-17(3)18-11-8-7-9-12-18/h7-15,17H,5-6,16H2,1-4H3,(H,24,29)/t17-/m1/s1. The van der Waals surface area contributed by atoms with E-state index in [-0.39, 0.29) is 22.6 Å². The lowest BCUT2D eigenvalue weighted by Crippen LogP contribution is -2.30. The van der Waals surface area contributed by atoms with Gasteiger partial charge in [0.2, 0.25) is 15.9 Å². The first kappa shape index (κ1) is 24.9. The number of carbonyl (C=O) groups is 1. The lowest BCUT2D eigenvalue weighted by Gasteiger charge is -2.18. The van der Waals surface area contributed by atoms with Crippen molar-refractivity contribution in [3.8, 4) is 11.4 Å². The minimum Gasteiger partial charge on any atom is -0.349 e. The SMILES string of the molecule is CCN(CC)S(=O)(=O)c1cccc(-c2nnc(SCC(=O)N[C@H](C)c3ccccc3)n2C)c1. The zero-order chi connectivity index (χ0) is 24.0. The van der Waals surface area contributed by atoms with Crippen LogP contribution in [0.3, 0.4) is 0 Å². The minimum absolute atomic E-state index is 0.0927. The Labute approximate surface area is 199 Å². The molecule has 0 radical (unpaired) electrons. The molecule has 1 aromatic heterocycles. The van der Waals surface area contributed by atoms with Crippen LogP contribution in [0.25, 0.3) is 11.4 Å². The Bertz CT molecular complexity index is 1190. The quantitative estimate of drug-likeness (QED) is 0.440. The molecule has 10 heteroatoms. The molecule has 0 aliphatic heterocycles. The third-order valence-electron chi connectivity index (χ3n) is 5.28. The number of carbonyl (C=O) groups excluding carboxylic acids is 1. The Kier molecular flexibility index (Phi) is 8.28. The molecule has 1 amide bonds. The van der Waals surface area contributed by atoms with Gasteiger partial charge in [-0.1, -0.05) is 68.1 Å². The smallest absolute Gasteiger partial charge is 0.243 e. The van der Waals surface area contributed by atoms with Crippen LogP contribution in [0.4, 0.5) is 0 Å². The van der Waals surface area contributed by atoms with Crippen LogP contribution in [0.15, 0.2) is 64.6 Å². The predicted molar refractivity (Wildman–Crippen MR) is 130 cm³/mol. The monoisotopic (exact) mass is 487 g/mol. The van der Waals surface area contributed by atoms with Crippen molar-refractivity contribution in [2.24, 2.45) is 7.05 Å². The van der Waals surface area contributed by atoms with Crippen molar-refractivity contribution in [1.82, 2.24) is 24.4 Å². The molecule has 1 N–H and O–H groups in total. The van der Waals surface area contributed by atoms with E-state index in [1.54, 1.807) is 35.9 Å². The van der Waals surface area contributed by atoms with Gasteiger partial charge >= 0.3 is 0 Å². The zero-order valence-electron chi connectivity index (χ0n) is 19.2. The normalized spacial score (nSPS) is 12.6. The van der Waals surface area contributed by atoms with Gasteiger partial charge in [-0.25, -0.2) is 8.42 Å². The van der Waals surface area contributed by atoms with Crippen molar-refractivity contribution >= 4 is 27.7 Å². The van der Waals surface area contributed by atoms with E-state index in [0.717, 1.165) is 5.56 Å². The number of benzene rings is 2. The fourth-order valence-corrected chi connectivity index (χ4v) is 5.67. The van der Waals surface area contributed by atoms with E-state index in [9.17, 15) is 13.2 Å². The summed E-state index contributed by atoms with van der Waals surface area (Å²) in [5.74, 6) is 0.625. The fourth-order valence-electron chi connectivity index (χ4n) is 3.44. The van der Waals surface area contributed by atoms with Crippen LogP contribution in [-0.4, -0.2) is 52.2 Å². The van der Waals surface area contributed by atoms with Gasteiger partial charge in [-0.2, -0.15) is 4.31 Å². The van der Waals surface area contributed by atoms with Gasteiger partial charge in [-0.05, 0) is 24.6 Å². The lowest BCUT2D eigenvalue weighted by molar-refractivity contribution is -0.119. The maximum Gasteiger partial charge on any atom is 0.243 e.